The van der Waals surface area contributed by atoms with Gasteiger partial charge in [0.25, 0.3) is 0 Å². The Labute approximate surface area is 98.1 Å². The smallest absolute Gasteiger partial charge is 0.0789 e. The lowest BCUT2D eigenvalue weighted by molar-refractivity contribution is 0.0649. The van der Waals surface area contributed by atoms with Crippen molar-refractivity contribution in [2.75, 3.05) is 24.3 Å². The maximum atomic E-state index is 9.90. The second-order valence-corrected chi connectivity index (χ2v) is 4.93. The van der Waals surface area contributed by atoms with E-state index >= 15 is 0 Å². The molecular weight excluding hydrogens is 200 g/mol. The summed E-state index contributed by atoms with van der Waals surface area (Å²) >= 11 is 0. The highest BCUT2D eigenvalue weighted by Gasteiger charge is 2.22. The molecule has 1 atom stereocenters. The van der Waals surface area contributed by atoms with E-state index in [1.54, 1.807) is 0 Å². The van der Waals surface area contributed by atoms with E-state index in [-0.39, 0.29) is 6.04 Å². The maximum Gasteiger partial charge on any atom is 0.0789 e. The first kappa shape index (κ1) is 12.8. The summed E-state index contributed by atoms with van der Waals surface area (Å²) < 4.78 is 0. The van der Waals surface area contributed by atoms with Gasteiger partial charge >= 0.3 is 0 Å². The summed E-state index contributed by atoms with van der Waals surface area (Å²) in [5, 5.41) is 13.2. The summed E-state index contributed by atoms with van der Waals surface area (Å²) in [6.45, 7) is 5.60. The van der Waals surface area contributed by atoms with Crippen LogP contribution in [0, 0.1) is 0 Å². The molecule has 1 aromatic rings. The van der Waals surface area contributed by atoms with Gasteiger partial charge in [0.05, 0.1) is 23.0 Å². The molecule has 0 fully saturated rings. The van der Waals surface area contributed by atoms with Crippen LogP contribution in [0.5, 0.6) is 0 Å². The Morgan fingerprint density at radius 3 is 2.31 bits per heavy atom. The highest BCUT2D eigenvalue weighted by molar-refractivity contribution is 5.69. The van der Waals surface area contributed by atoms with Gasteiger partial charge in [0.1, 0.15) is 0 Å². The summed E-state index contributed by atoms with van der Waals surface area (Å²) in [6, 6.07) is 8.08. The zero-order valence-electron chi connectivity index (χ0n) is 10.8. The van der Waals surface area contributed by atoms with Gasteiger partial charge in [-0.3, -0.25) is 0 Å². The first-order chi connectivity index (χ1) is 7.32. The van der Waals surface area contributed by atoms with Crippen molar-refractivity contribution in [2.24, 2.45) is 0 Å². The van der Waals surface area contributed by atoms with Crippen molar-refractivity contribution >= 4 is 11.4 Å². The Morgan fingerprint density at radius 1 is 1.25 bits per heavy atom. The van der Waals surface area contributed by atoms with Crippen LogP contribution in [0.1, 0.15) is 20.8 Å². The van der Waals surface area contributed by atoms with Gasteiger partial charge in [0.2, 0.25) is 0 Å². The van der Waals surface area contributed by atoms with Crippen molar-refractivity contribution in [3.63, 3.8) is 0 Å². The molecule has 0 radical (unpaired) electrons. The second-order valence-electron chi connectivity index (χ2n) is 4.93. The summed E-state index contributed by atoms with van der Waals surface area (Å²) in [5.41, 5.74) is 1.43. The van der Waals surface area contributed by atoms with Crippen molar-refractivity contribution in [3.05, 3.63) is 24.3 Å². The molecule has 0 saturated heterocycles. The van der Waals surface area contributed by atoms with Crippen LogP contribution in [-0.4, -0.2) is 30.8 Å². The molecule has 0 aliphatic heterocycles. The normalized spacial score (nSPS) is 13.4. The van der Waals surface area contributed by atoms with E-state index in [2.05, 4.69) is 16.3 Å². The summed E-state index contributed by atoms with van der Waals surface area (Å²) in [4.78, 5) is 2.05. The maximum absolute atomic E-state index is 9.90. The lowest BCUT2D eigenvalue weighted by atomic mass is 10.0. The molecule has 2 N–H and O–H groups in total. The molecule has 1 rings (SSSR count). The molecule has 16 heavy (non-hydrogen) atoms. The molecule has 90 valence electrons. The third-order valence-electron chi connectivity index (χ3n) is 2.82. The minimum atomic E-state index is -0.737. The molecule has 0 aliphatic rings. The molecule has 1 aromatic carbocycles. The summed E-state index contributed by atoms with van der Waals surface area (Å²) in [7, 11) is 4.02. The average Bonchev–Trinajstić information content (AvgIpc) is 2.16. The topological polar surface area (TPSA) is 35.5 Å². The van der Waals surface area contributed by atoms with Crippen LogP contribution < -0.4 is 10.2 Å². The lowest BCUT2D eigenvalue weighted by Crippen LogP contribution is -2.39. The fraction of sp³-hybridized carbons (Fsp3) is 0.538. The van der Waals surface area contributed by atoms with Gasteiger partial charge in [-0.1, -0.05) is 12.1 Å². The van der Waals surface area contributed by atoms with Crippen molar-refractivity contribution in [3.8, 4) is 0 Å². The van der Waals surface area contributed by atoms with Crippen LogP contribution in [0.15, 0.2) is 24.3 Å². The number of hydrogen-bond donors (Lipinski definition) is 2. The molecule has 0 heterocycles. The predicted molar refractivity (Wildman–Crippen MR) is 70.2 cm³/mol. The van der Waals surface area contributed by atoms with Gasteiger partial charge in [-0.25, -0.2) is 0 Å². The van der Waals surface area contributed by atoms with E-state index in [4.69, 9.17) is 0 Å². The lowest BCUT2D eigenvalue weighted by Gasteiger charge is -2.29. The van der Waals surface area contributed by atoms with E-state index in [0.717, 1.165) is 11.4 Å². The number of para-hydroxylation sites is 2. The molecule has 0 amide bonds. The van der Waals surface area contributed by atoms with E-state index in [1.165, 1.54) is 0 Å². The van der Waals surface area contributed by atoms with Crippen LogP contribution in [0.4, 0.5) is 11.4 Å². The number of aliphatic hydroxyl groups is 1. The van der Waals surface area contributed by atoms with Crippen molar-refractivity contribution in [1.82, 2.24) is 0 Å². The van der Waals surface area contributed by atoms with E-state index in [9.17, 15) is 5.11 Å². The number of benzene rings is 1. The fourth-order valence-electron chi connectivity index (χ4n) is 1.40. The first-order valence-corrected chi connectivity index (χ1v) is 5.57. The number of rotatable bonds is 4. The molecule has 0 spiro atoms. The minimum absolute atomic E-state index is 0.00593. The molecule has 0 aliphatic carbocycles. The second kappa shape index (κ2) is 4.74. The zero-order valence-corrected chi connectivity index (χ0v) is 10.8. The molecule has 0 bridgehead atoms. The highest BCUT2D eigenvalue weighted by Crippen LogP contribution is 2.25. The van der Waals surface area contributed by atoms with Gasteiger partial charge < -0.3 is 15.3 Å². The SMILES string of the molecule is CC(Nc1ccccc1N(C)C)C(C)(C)O. The Balaban J connectivity index is 2.89. The van der Waals surface area contributed by atoms with E-state index in [1.807, 2.05) is 53.1 Å². The fourth-order valence-corrected chi connectivity index (χ4v) is 1.40. The summed E-state index contributed by atoms with van der Waals surface area (Å²) in [6.07, 6.45) is 0. The van der Waals surface area contributed by atoms with Gasteiger partial charge in [0.15, 0.2) is 0 Å². The molecule has 3 heteroatoms. The Hall–Kier alpha value is -1.22. The summed E-state index contributed by atoms with van der Waals surface area (Å²) in [5.74, 6) is 0. The number of nitrogens with one attached hydrogen (secondary N) is 1. The van der Waals surface area contributed by atoms with Crippen LogP contribution >= 0.6 is 0 Å². The van der Waals surface area contributed by atoms with Gasteiger partial charge in [-0.05, 0) is 32.9 Å². The molecule has 1 unspecified atom stereocenters. The standard InChI is InChI=1S/C13H22N2O/c1-10(13(2,3)16)14-11-8-6-7-9-12(11)15(4)5/h6-10,14,16H,1-5H3. The number of hydrogen-bond acceptors (Lipinski definition) is 3. The highest BCUT2D eigenvalue weighted by atomic mass is 16.3. The Kier molecular flexibility index (Phi) is 3.81. The van der Waals surface area contributed by atoms with Crippen molar-refractivity contribution in [1.29, 1.82) is 0 Å². The van der Waals surface area contributed by atoms with Crippen molar-refractivity contribution in [2.45, 2.75) is 32.4 Å². The van der Waals surface area contributed by atoms with Gasteiger partial charge in [-0.15, -0.1) is 0 Å². The van der Waals surface area contributed by atoms with Crippen LogP contribution in [0.2, 0.25) is 0 Å². The molecular formula is C13H22N2O. The van der Waals surface area contributed by atoms with Gasteiger partial charge in [-0.2, -0.15) is 0 Å². The zero-order chi connectivity index (χ0) is 12.3. The minimum Gasteiger partial charge on any atom is -0.388 e. The third kappa shape index (κ3) is 3.14. The predicted octanol–water partition coefficient (Wildman–Crippen LogP) is 2.32. The molecule has 0 aromatic heterocycles. The molecule has 0 saturated carbocycles. The monoisotopic (exact) mass is 222 g/mol. The van der Waals surface area contributed by atoms with Crippen molar-refractivity contribution < 1.29 is 5.11 Å². The van der Waals surface area contributed by atoms with E-state index in [0.29, 0.717) is 0 Å². The van der Waals surface area contributed by atoms with Crippen LogP contribution in [0.3, 0.4) is 0 Å². The Morgan fingerprint density at radius 2 is 1.81 bits per heavy atom. The molecule has 3 nitrogen and oxygen atoms in total. The largest absolute Gasteiger partial charge is 0.388 e. The number of anilines is 2. The quantitative estimate of drug-likeness (QED) is 0.820. The Bertz CT molecular complexity index is 342. The van der Waals surface area contributed by atoms with Crippen LogP contribution in [0.25, 0.3) is 0 Å². The van der Waals surface area contributed by atoms with Crippen LogP contribution in [-0.2, 0) is 0 Å². The van der Waals surface area contributed by atoms with E-state index < -0.39 is 5.60 Å². The van der Waals surface area contributed by atoms with Gasteiger partial charge in [0, 0.05) is 14.1 Å². The third-order valence-corrected chi connectivity index (χ3v) is 2.82. The number of nitrogens with zero attached hydrogens (tertiary/aromatic N) is 1. The average molecular weight is 222 g/mol. The first-order valence-electron chi connectivity index (χ1n) is 5.57.